The van der Waals surface area contributed by atoms with Crippen LogP contribution in [0.4, 0.5) is 5.69 Å². The third kappa shape index (κ3) is 2.25. The van der Waals surface area contributed by atoms with E-state index in [0.717, 1.165) is 25.3 Å². The Kier molecular flexibility index (Phi) is 2.71. The first-order valence-corrected chi connectivity index (χ1v) is 6.39. The van der Waals surface area contributed by atoms with Crippen molar-refractivity contribution in [2.45, 2.75) is 31.8 Å². The molecule has 0 aromatic heterocycles. The summed E-state index contributed by atoms with van der Waals surface area (Å²) in [7, 11) is 0. The van der Waals surface area contributed by atoms with E-state index in [1.54, 1.807) is 0 Å². The lowest BCUT2D eigenvalue weighted by Gasteiger charge is -2.25. The van der Waals surface area contributed by atoms with Crippen molar-refractivity contribution in [1.82, 2.24) is 0 Å². The molecule has 2 aliphatic rings. The van der Waals surface area contributed by atoms with Gasteiger partial charge in [0.15, 0.2) is 0 Å². The normalized spacial score (nSPS) is 27.4. The predicted octanol–water partition coefficient (Wildman–Crippen LogP) is 2.60. The molecule has 1 saturated heterocycles. The Hall–Kier alpha value is -1.22. The van der Waals surface area contributed by atoms with E-state index in [9.17, 15) is 0 Å². The molecule has 0 radical (unpaired) electrons. The van der Waals surface area contributed by atoms with Crippen LogP contribution in [0.25, 0.3) is 0 Å². The van der Waals surface area contributed by atoms with Crippen molar-refractivity contribution in [3.05, 3.63) is 23.8 Å². The summed E-state index contributed by atoms with van der Waals surface area (Å²) >= 11 is 0. The number of aryl methyl sites for hydroxylation is 1. The van der Waals surface area contributed by atoms with Crippen molar-refractivity contribution in [3.63, 3.8) is 0 Å². The van der Waals surface area contributed by atoms with Gasteiger partial charge in [0.2, 0.25) is 0 Å². The van der Waals surface area contributed by atoms with Gasteiger partial charge in [-0.3, -0.25) is 0 Å². The molecular formula is C14H19NO2. The van der Waals surface area contributed by atoms with Gasteiger partial charge in [0.1, 0.15) is 11.4 Å². The van der Waals surface area contributed by atoms with Crippen LogP contribution in [0.5, 0.6) is 5.75 Å². The van der Waals surface area contributed by atoms with Gasteiger partial charge in [-0.15, -0.1) is 0 Å². The van der Waals surface area contributed by atoms with E-state index >= 15 is 0 Å². The van der Waals surface area contributed by atoms with Crippen molar-refractivity contribution >= 4 is 5.69 Å². The average molecular weight is 233 g/mol. The second kappa shape index (κ2) is 4.22. The summed E-state index contributed by atoms with van der Waals surface area (Å²) in [5, 5.41) is 3.43. The number of ether oxygens (including phenoxy) is 2. The van der Waals surface area contributed by atoms with Gasteiger partial charge in [0, 0.05) is 24.7 Å². The van der Waals surface area contributed by atoms with Gasteiger partial charge in [0.25, 0.3) is 0 Å². The lowest BCUT2D eigenvalue weighted by atomic mass is 10.0. The minimum Gasteiger partial charge on any atom is -0.485 e. The van der Waals surface area contributed by atoms with Crippen LogP contribution >= 0.6 is 0 Å². The van der Waals surface area contributed by atoms with Crippen LogP contribution in [0.2, 0.25) is 0 Å². The minimum atomic E-state index is -0.150. The largest absolute Gasteiger partial charge is 0.485 e. The fourth-order valence-corrected chi connectivity index (χ4v) is 2.52. The van der Waals surface area contributed by atoms with Crippen LogP contribution in [-0.2, 0) is 11.2 Å². The SMILES string of the molecule is CC1(Oc2ccc3c(c2)NCCC3)CCOC1. The highest BCUT2D eigenvalue weighted by Gasteiger charge is 2.32. The monoisotopic (exact) mass is 233 g/mol. The van der Waals surface area contributed by atoms with Crippen LogP contribution < -0.4 is 10.1 Å². The van der Waals surface area contributed by atoms with Crippen LogP contribution in [-0.4, -0.2) is 25.4 Å². The molecule has 2 aliphatic heterocycles. The Balaban J connectivity index is 1.79. The second-order valence-corrected chi connectivity index (χ2v) is 5.20. The molecule has 3 rings (SSSR count). The Labute approximate surface area is 102 Å². The summed E-state index contributed by atoms with van der Waals surface area (Å²) in [6.07, 6.45) is 3.36. The van der Waals surface area contributed by atoms with Gasteiger partial charge in [-0.2, -0.15) is 0 Å². The molecule has 1 atom stereocenters. The second-order valence-electron chi connectivity index (χ2n) is 5.20. The third-order valence-corrected chi connectivity index (χ3v) is 3.57. The van der Waals surface area contributed by atoms with E-state index < -0.39 is 0 Å². The number of nitrogens with one attached hydrogen (secondary N) is 1. The summed E-state index contributed by atoms with van der Waals surface area (Å²) in [4.78, 5) is 0. The highest BCUT2D eigenvalue weighted by Crippen LogP contribution is 2.31. The smallest absolute Gasteiger partial charge is 0.132 e. The first-order valence-electron chi connectivity index (χ1n) is 6.39. The zero-order valence-corrected chi connectivity index (χ0v) is 10.3. The Morgan fingerprint density at radius 2 is 2.35 bits per heavy atom. The van der Waals surface area contributed by atoms with Crippen molar-refractivity contribution in [2.24, 2.45) is 0 Å². The van der Waals surface area contributed by atoms with E-state index in [1.165, 1.54) is 24.1 Å². The molecular weight excluding hydrogens is 214 g/mol. The molecule has 0 amide bonds. The van der Waals surface area contributed by atoms with Gasteiger partial charge in [-0.1, -0.05) is 6.07 Å². The minimum absolute atomic E-state index is 0.150. The highest BCUT2D eigenvalue weighted by molar-refractivity contribution is 5.56. The van der Waals surface area contributed by atoms with Gasteiger partial charge < -0.3 is 14.8 Å². The number of hydrogen-bond donors (Lipinski definition) is 1. The van der Waals surface area contributed by atoms with Crippen LogP contribution in [0.3, 0.4) is 0 Å². The molecule has 1 unspecified atom stereocenters. The van der Waals surface area contributed by atoms with E-state index in [4.69, 9.17) is 9.47 Å². The summed E-state index contributed by atoms with van der Waals surface area (Å²) in [5.41, 5.74) is 2.48. The maximum absolute atomic E-state index is 6.06. The molecule has 0 aliphatic carbocycles. The third-order valence-electron chi connectivity index (χ3n) is 3.57. The lowest BCUT2D eigenvalue weighted by molar-refractivity contribution is 0.0664. The van der Waals surface area contributed by atoms with Gasteiger partial charge >= 0.3 is 0 Å². The van der Waals surface area contributed by atoms with Gasteiger partial charge in [-0.05, 0) is 31.4 Å². The predicted molar refractivity (Wildman–Crippen MR) is 67.7 cm³/mol. The molecule has 1 N–H and O–H groups in total. The van der Waals surface area contributed by atoms with Gasteiger partial charge in [0.05, 0.1) is 13.2 Å². The topological polar surface area (TPSA) is 30.5 Å². The molecule has 3 heteroatoms. The van der Waals surface area contributed by atoms with Crippen molar-refractivity contribution in [2.75, 3.05) is 25.1 Å². The maximum Gasteiger partial charge on any atom is 0.132 e. The molecule has 0 spiro atoms. The maximum atomic E-state index is 6.06. The fourth-order valence-electron chi connectivity index (χ4n) is 2.52. The van der Waals surface area contributed by atoms with Crippen LogP contribution in [0.15, 0.2) is 18.2 Å². The van der Waals surface area contributed by atoms with E-state index in [0.29, 0.717) is 6.61 Å². The van der Waals surface area contributed by atoms with Gasteiger partial charge in [-0.25, -0.2) is 0 Å². The van der Waals surface area contributed by atoms with E-state index in [1.807, 2.05) is 0 Å². The fraction of sp³-hybridized carbons (Fsp3) is 0.571. The first kappa shape index (κ1) is 10.9. The number of hydrogen-bond acceptors (Lipinski definition) is 3. The number of anilines is 1. The summed E-state index contributed by atoms with van der Waals surface area (Å²) < 4.78 is 11.5. The lowest BCUT2D eigenvalue weighted by Crippen LogP contribution is -2.32. The van der Waals surface area contributed by atoms with E-state index in [-0.39, 0.29) is 5.60 Å². The Morgan fingerprint density at radius 3 is 3.18 bits per heavy atom. The molecule has 0 saturated carbocycles. The Morgan fingerprint density at radius 1 is 1.41 bits per heavy atom. The molecule has 2 heterocycles. The van der Waals surface area contributed by atoms with Crippen LogP contribution in [0.1, 0.15) is 25.3 Å². The first-order chi connectivity index (χ1) is 8.25. The quantitative estimate of drug-likeness (QED) is 0.851. The molecule has 1 fully saturated rings. The molecule has 3 nitrogen and oxygen atoms in total. The molecule has 1 aromatic carbocycles. The number of rotatable bonds is 2. The van der Waals surface area contributed by atoms with Crippen LogP contribution in [0, 0.1) is 0 Å². The molecule has 0 bridgehead atoms. The Bertz CT molecular complexity index is 411. The number of fused-ring (bicyclic) bond motifs is 1. The average Bonchev–Trinajstić information content (AvgIpc) is 2.76. The van der Waals surface area contributed by atoms with E-state index in [2.05, 4.69) is 30.4 Å². The number of benzene rings is 1. The van der Waals surface area contributed by atoms with Crippen molar-refractivity contribution < 1.29 is 9.47 Å². The highest BCUT2D eigenvalue weighted by atomic mass is 16.6. The zero-order chi connectivity index (χ0) is 11.7. The standard InChI is InChI=1S/C14H19NO2/c1-14(6-8-16-10-14)17-12-5-4-11-3-2-7-15-13(11)9-12/h4-5,9,15H,2-3,6-8,10H2,1H3. The summed E-state index contributed by atoms with van der Waals surface area (Å²) in [6, 6.07) is 6.38. The summed E-state index contributed by atoms with van der Waals surface area (Å²) in [5.74, 6) is 0.950. The zero-order valence-electron chi connectivity index (χ0n) is 10.3. The molecule has 17 heavy (non-hydrogen) atoms. The molecule has 1 aromatic rings. The summed E-state index contributed by atoms with van der Waals surface area (Å²) in [6.45, 7) is 4.68. The molecule has 92 valence electrons. The van der Waals surface area contributed by atoms with Crippen molar-refractivity contribution in [3.8, 4) is 5.75 Å². The van der Waals surface area contributed by atoms with Crippen molar-refractivity contribution in [1.29, 1.82) is 0 Å².